The zero-order valence-corrected chi connectivity index (χ0v) is 12.2. The minimum absolute atomic E-state index is 0. The average Bonchev–Trinajstić information content (AvgIpc) is 2.34. The molecule has 0 saturated carbocycles. The summed E-state index contributed by atoms with van der Waals surface area (Å²) >= 11 is 0. The lowest BCUT2D eigenvalue weighted by atomic mass is 9.89. The van der Waals surface area contributed by atoms with Gasteiger partial charge in [0.25, 0.3) is 0 Å². The molecule has 1 nitrogen and oxygen atoms in total. The van der Waals surface area contributed by atoms with Crippen LogP contribution >= 0.6 is 12.4 Å². The predicted molar refractivity (Wildman–Crippen MR) is 70.1 cm³/mol. The molecule has 1 aromatic rings. The summed E-state index contributed by atoms with van der Waals surface area (Å²) in [6.07, 6.45) is -8.96. The highest BCUT2D eigenvalue weighted by molar-refractivity contribution is 5.85. The van der Waals surface area contributed by atoms with Gasteiger partial charge in [-0.1, -0.05) is 20.3 Å². The molecule has 0 fully saturated rings. The fourth-order valence-corrected chi connectivity index (χ4v) is 1.83. The Kier molecular flexibility index (Phi) is 6.56. The van der Waals surface area contributed by atoms with E-state index < -0.39 is 35.1 Å². The Labute approximate surface area is 124 Å². The summed E-state index contributed by atoms with van der Waals surface area (Å²) in [5.74, 6) is -0.361. The van der Waals surface area contributed by atoms with E-state index in [1.165, 1.54) is 0 Å². The van der Waals surface area contributed by atoms with E-state index in [1.54, 1.807) is 13.8 Å². The Morgan fingerprint density at radius 1 is 1.05 bits per heavy atom. The zero-order chi connectivity index (χ0) is 15.7. The van der Waals surface area contributed by atoms with Crippen molar-refractivity contribution in [3.8, 4) is 0 Å². The molecule has 0 bridgehead atoms. The largest absolute Gasteiger partial charge is 0.416 e. The summed E-state index contributed by atoms with van der Waals surface area (Å²) in [4.78, 5) is 0. The van der Waals surface area contributed by atoms with Crippen LogP contribution in [-0.4, -0.2) is 0 Å². The molecule has 2 N–H and O–H groups in total. The minimum Gasteiger partial charge on any atom is -0.324 e. The van der Waals surface area contributed by atoms with Crippen molar-refractivity contribution in [3.05, 3.63) is 34.9 Å². The highest BCUT2D eigenvalue weighted by Crippen LogP contribution is 2.39. The Morgan fingerprint density at radius 2 is 1.57 bits per heavy atom. The predicted octanol–water partition coefficient (Wildman–Crippen LogP) is 5.19. The maximum atomic E-state index is 12.9. The molecule has 1 rings (SSSR count). The number of hydrogen-bond acceptors (Lipinski definition) is 1. The number of halogens is 7. The topological polar surface area (TPSA) is 26.0 Å². The summed E-state index contributed by atoms with van der Waals surface area (Å²) in [5.41, 5.74) is 2.94. The van der Waals surface area contributed by atoms with Crippen molar-refractivity contribution >= 4 is 12.4 Å². The highest BCUT2D eigenvalue weighted by atomic mass is 35.5. The van der Waals surface area contributed by atoms with Crippen LogP contribution in [0.3, 0.4) is 0 Å². The van der Waals surface area contributed by atoms with E-state index in [4.69, 9.17) is 5.73 Å². The molecule has 0 radical (unpaired) electrons. The first-order valence-corrected chi connectivity index (χ1v) is 6.02. The number of rotatable bonds is 3. The van der Waals surface area contributed by atoms with Crippen molar-refractivity contribution in [1.82, 2.24) is 0 Å². The van der Waals surface area contributed by atoms with Gasteiger partial charge in [0, 0.05) is 6.04 Å². The van der Waals surface area contributed by atoms with E-state index in [0.29, 0.717) is 24.6 Å². The van der Waals surface area contributed by atoms with Gasteiger partial charge in [-0.15, -0.1) is 12.4 Å². The molecule has 0 heterocycles. The smallest absolute Gasteiger partial charge is 0.324 e. The molecule has 0 saturated heterocycles. The third-order valence-corrected chi connectivity index (χ3v) is 3.30. The van der Waals surface area contributed by atoms with Crippen LogP contribution in [-0.2, 0) is 12.4 Å². The summed E-state index contributed by atoms with van der Waals surface area (Å²) in [6.45, 7) is 3.32. The molecule has 0 aliphatic carbocycles. The van der Waals surface area contributed by atoms with Gasteiger partial charge in [0.15, 0.2) is 0 Å². The molecule has 1 unspecified atom stereocenters. The first-order valence-electron chi connectivity index (χ1n) is 6.02. The average molecular weight is 336 g/mol. The van der Waals surface area contributed by atoms with Crippen LogP contribution in [0, 0.1) is 5.92 Å². The number of hydrogen-bond donors (Lipinski definition) is 1. The first-order chi connectivity index (χ1) is 8.98. The Bertz CT molecular complexity index is 469. The van der Waals surface area contributed by atoms with Crippen LogP contribution in [0.2, 0.25) is 0 Å². The highest BCUT2D eigenvalue weighted by Gasteiger charge is 2.38. The molecule has 2 atom stereocenters. The molecule has 21 heavy (non-hydrogen) atoms. The maximum absolute atomic E-state index is 12.9. The fourth-order valence-electron chi connectivity index (χ4n) is 1.83. The van der Waals surface area contributed by atoms with Crippen molar-refractivity contribution in [3.63, 3.8) is 0 Å². The minimum atomic E-state index is -4.73. The van der Waals surface area contributed by atoms with Gasteiger partial charge in [0.2, 0.25) is 0 Å². The van der Waals surface area contributed by atoms with Crippen LogP contribution < -0.4 is 5.73 Å². The van der Waals surface area contributed by atoms with Crippen LogP contribution in [0.5, 0.6) is 0 Å². The molecular formula is C13H16ClF6N. The fraction of sp³-hybridized carbons (Fsp3) is 0.538. The lowest BCUT2D eigenvalue weighted by Crippen LogP contribution is -2.23. The summed E-state index contributed by atoms with van der Waals surface area (Å²) < 4.78 is 76.5. The second kappa shape index (κ2) is 6.87. The van der Waals surface area contributed by atoms with E-state index in [1.807, 2.05) is 0 Å². The number of alkyl halides is 6. The molecule has 0 aliphatic rings. The van der Waals surface area contributed by atoms with Crippen molar-refractivity contribution in [2.24, 2.45) is 11.7 Å². The maximum Gasteiger partial charge on any atom is 0.416 e. The van der Waals surface area contributed by atoms with Gasteiger partial charge in [-0.05, 0) is 29.7 Å². The molecule has 0 amide bonds. The number of benzene rings is 1. The number of nitrogens with two attached hydrogens (primary N) is 1. The molecule has 0 spiro atoms. The quantitative estimate of drug-likeness (QED) is 0.756. The third-order valence-electron chi connectivity index (χ3n) is 3.30. The third kappa shape index (κ3) is 4.78. The van der Waals surface area contributed by atoms with Crippen LogP contribution in [0.25, 0.3) is 0 Å². The van der Waals surface area contributed by atoms with Gasteiger partial charge in [-0.3, -0.25) is 0 Å². The van der Waals surface area contributed by atoms with Crippen molar-refractivity contribution in [1.29, 1.82) is 0 Å². The van der Waals surface area contributed by atoms with Gasteiger partial charge in [0.05, 0.1) is 11.1 Å². The Morgan fingerprint density at radius 3 is 1.95 bits per heavy atom. The van der Waals surface area contributed by atoms with Crippen molar-refractivity contribution in [2.75, 3.05) is 0 Å². The standard InChI is InChI=1S/C13H15F6N.ClH/c1-3-7(2)11(20)9-6-8(12(14,15)16)4-5-10(9)13(17,18)19;/h4-7,11H,3,20H2,1-2H3;1H/t7?,11-;/m0./s1. The Balaban J connectivity index is 0.00000400. The van der Waals surface area contributed by atoms with Gasteiger partial charge in [-0.2, -0.15) is 26.3 Å². The molecular weight excluding hydrogens is 320 g/mol. The molecule has 0 aliphatic heterocycles. The zero-order valence-electron chi connectivity index (χ0n) is 11.3. The van der Waals surface area contributed by atoms with E-state index in [-0.39, 0.29) is 18.3 Å². The summed E-state index contributed by atoms with van der Waals surface area (Å²) in [7, 11) is 0. The van der Waals surface area contributed by atoms with Crippen molar-refractivity contribution in [2.45, 2.75) is 38.7 Å². The van der Waals surface area contributed by atoms with E-state index in [0.717, 1.165) is 0 Å². The van der Waals surface area contributed by atoms with Crippen molar-refractivity contribution < 1.29 is 26.3 Å². The summed E-state index contributed by atoms with van der Waals surface area (Å²) in [5, 5.41) is 0. The van der Waals surface area contributed by atoms with Gasteiger partial charge >= 0.3 is 12.4 Å². The molecule has 122 valence electrons. The normalized spacial score (nSPS) is 15.3. The van der Waals surface area contributed by atoms with E-state index >= 15 is 0 Å². The monoisotopic (exact) mass is 335 g/mol. The SMILES string of the molecule is CCC(C)[C@H](N)c1cc(C(F)(F)F)ccc1C(F)(F)F.Cl. The van der Waals surface area contributed by atoms with Crippen LogP contribution in [0.4, 0.5) is 26.3 Å². The Hall–Kier alpha value is -0.950. The lowest BCUT2D eigenvalue weighted by molar-refractivity contribution is -0.142. The first kappa shape index (κ1) is 20.1. The van der Waals surface area contributed by atoms with Gasteiger partial charge < -0.3 is 5.73 Å². The molecule has 0 aromatic heterocycles. The summed E-state index contributed by atoms with van der Waals surface area (Å²) in [6, 6.07) is 0.273. The molecule has 1 aromatic carbocycles. The van der Waals surface area contributed by atoms with E-state index in [2.05, 4.69) is 0 Å². The van der Waals surface area contributed by atoms with Crippen LogP contribution in [0.1, 0.15) is 43.0 Å². The second-order valence-corrected chi connectivity index (χ2v) is 4.71. The van der Waals surface area contributed by atoms with E-state index in [9.17, 15) is 26.3 Å². The molecule has 8 heteroatoms. The second-order valence-electron chi connectivity index (χ2n) is 4.71. The van der Waals surface area contributed by atoms with Gasteiger partial charge in [0.1, 0.15) is 0 Å². The van der Waals surface area contributed by atoms with Gasteiger partial charge in [-0.25, -0.2) is 0 Å². The lowest BCUT2D eigenvalue weighted by Gasteiger charge is -2.24. The van der Waals surface area contributed by atoms with Crippen LogP contribution in [0.15, 0.2) is 18.2 Å².